The molecule has 0 aliphatic heterocycles. The molecule has 0 heterocycles. The zero-order valence-corrected chi connectivity index (χ0v) is 55.8. The van der Waals surface area contributed by atoms with Crippen molar-refractivity contribution in [1.29, 1.82) is 0 Å². The predicted octanol–water partition coefficient (Wildman–Crippen LogP) is 25.7. The first-order valence-corrected chi connectivity index (χ1v) is 37.3. The lowest BCUT2D eigenvalue weighted by Gasteiger charge is -2.18. The molecule has 82 heavy (non-hydrogen) atoms. The second-order valence-electron chi connectivity index (χ2n) is 25.6. The van der Waals surface area contributed by atoms with Crippen molar-refractivity contribution in [2.24, 2.45) is 0 Å². The Morgan fingerprint density at radius 2 is 0.427 bits per heavy atom. The van der Waals surface area contributed by atoms with Crippen molar-refractivity contribution < 1.29 is 28.6 Å². The molecule has 0 N–H and O–H groups in total. The van der Waals surface area contributed by atoms with E-state index in [1.807, 2.05) is 0 Å². The van der Waals surface area contributed by atoms with E-state index in [-0.39, 0.29) is 31.1 Å². The Morgan fingerprint density at radius 3 is 0.659 bits per heavy atom. The van der Waals surface area contributed by atoms with Crippen LogP contribution in [0.5, 0.6) is 0 Å². The average molecular weight is 1150 g/mol. The number of rotatable bonds is 70. The second-order valence-corrected chi connectivity index (χ2v) is 25.6. The number of unbranched alkanes of at least 4 members (excludes halogenated alkanes) is 55. The lowest BCUT2D eigenvalue weighted by Crippen LogP contribution is -2.30. The molecular weight excluding hydrogens is 1010 g/mol. The summed E-state index contributed by atoms with van der Waals surface area (Å²) in [5.41, 5.74) is 0. The molecule has 0 aromatic rings. The third-order valence-electron chi connectivity index (χ3n) is 17.2. The van der Waals surface area contributed by atoms with Crippen molar-refractivity contribution in [1.82, 2.24) is 0 Å². The molecule has 0 radical (unpaired) electrons. The maximum atomic E-state index is 12.9. The normalized spacial score (nSPS) is 12.1. The molecule has 6 heteroatoms. The Balaban J connectivity index is 4.07. The lowest BCUT2D eigenvalue weighted by atomic mass is 10.0. The highest BCUT2D eigenvalue weighted by molar-refractivity contribution is 5.71. The zero-order chi connectivity index (χ0) is 59.2. The topological polar surface area (TPSA) is 78.9 Å². The van der Waals surface area contributed by atoms with E-state index in [1.54, 1.807) is 0 Å². The van der Waals surface area contributed by atoms with Crippen LogP contribution in [0.1, 0.15) is 425 Å². The Labute approximate surface area is 513 Å². The van der Waals surface area contributed by atoms with Gasteiger partial charge in [0.2, 0.25) is 0 Å². The van der Waals surface area contributed by atoms with Crippen molar-refractivity contribution in [2.75, 3.05) is 13.2 Å². The fraction of sp³-hybridized carbons (Fsp3) is 0.908. The maximum absolute atomic E-state index is 12.9. The standard InChI is InChI=1S/C76H144O6/c1-4-7-10-13-16-19-22-24-26-28-30-32-34-35-36-37-38-39-40-41-43-44-46-48-50-52-54-57-60-63-66-69-75(78)81-72-73(71-80-74(77)68-65-62-59-56-21-18-15-12-9-6-3)82-76(79)70-67-64-61-58-55-53-51-49-47-45-42-33-31-29-27-25-23-20-17-14-11-8-5-2/h12,15,29,31,73H,4-11,13-14,16-28,30,32-72H2,1-3H3/b15-12-,31-29-. The van der Waals surface area contributed by atoms with Crippen LogP contribution >= 0.6 is 0 Å². The minimum Gasteiger partial charge on any atom is -0.462 e. The Bertz CT molecular complexity index is 1320. The summed E-state index contributed by atoms with van der Waals surface area (Å²) in [6, 6.07) is 0. The Hall–Kier alpha value is -2.11. The summed E-state index contributed by atoms with van der Waals surface area (Å²) < 4.78 is 17.0. The average Bonchev–Trinajstić information content (AvgIpc) is 3.48. The highest BCUT2D eigenvalue weighted by atomic mass is 16.6. The van der Waals surface area contributed by atoms with Gasteiger partial charge in [0.15, 0.2) is 6.10 Å². The zero-order valence-electron chi connectivity index (χ0n) is 55.8. The van der Waals surface area contributed by atoms with E-state index >= 15 is 0 Å². The predicted molar refractivity (Wildman–Crippen MR) is 358 cm³/mol. The van der Waals surface area contributed by atoms with Crippen LogP contribution in [0, 0.1) is 0 Å². The van der Waals surface area contributed by atoms with Crippen LogP contribution in [0.3, 0.4) is 0 Å². The number of esters is 3. The number of allylic oxidation sites excluding steroid dienone is 4. The molecule has 0 bridgehead atoms. The van der Waals surface area contributed by atoms with Gasteiger partial charge < -0.3 is 14.2 Å². The SMILES string of the molecule is CCC/C=C\CCCCCCCC(=O)OCC(COC(=O)CCCCCCCCCCCCCCCCCCCCCCCCCCCCCCCCC)OC(=O)CCCCCCCCCCCCC/C=C\CCCCCCCCCC. The van der Waals surface area contributed by atoms with Crippen molar-refractivity contribution in [2.45, 2.75) is 431 Å². The van der Waals surface area contributed by atoms with Crippen LogP contribution in [0.15, 0.2) is 24.3 Å². The minimum atomic E-state index is -0.773. The first-order chi connectivity index (χ1) is 40.5. The van der Waals surface area contributed by atoms with Crippen molar-refractivity contribution in [3.05, 3.63) is 24.3 Å². The van der Waals surface area contributed by atoms with Gasteiger partial charge in [-0.2, -0.15) is 0 Å². The first kappa shape index (κ1) is 79.9. The van der Waals surface area contributed by atoms with E-state index in [0.29, 0.717) is 19.3 Å². The smallest absolute Gasteiger partial charge is 0.306 e. The third kappa shape index (κ3) is 68.7. The van der Waals surface area contributed by atoms with E-state index in [9.17, 15) is 14.4 Å². The molecule has 0 amide bonds. The fourth-order valence-electron chi connectivity index (χ4n) is 11.6. The van der Waals surface area contributed by atoms with Crippen LogP contribution in [0.4, 0.5) is 0 Å². The number of carbonyl (C=O) groups excluding carboxylic acids is 3. The summed E-state index contributed by atoms with van der Waals surface area (Å²) in [4.78, 5) is 38.4. The van der Waals surface area contributed by atoms with Gasteiger partial charge in [0.1, 0.15) is 13.2 Å². The van der Waals surface area contributed by atoms with E-state index < -0.39 is 6.10 Å². The van der Waals surface area contributed by atoms with Gasteiger partial charge in [0.25, 0.3) is 0 Å². The van der Waals surface area contributed by atoms with E-state index in [0.717, 1.165) is 70.6 Å². The Morgan fingerprint density at radius 1 is 0.232 bits per heavy atom. The maximum Gasteiger partial charge on any atom is 0.306 e. The molecule has 0 spiro atoms. The number of hydrogen-bond donors (Lipinski definition) is 0. The largest absolute Gasteiger partial charge is 0.462 e. The minimum absolute atomic E-state index is 0.0688. The summed E-state index contributed by atoms with van der Waals surface area (Å²) in [5.74, 6) is -0.851. The summed E-state index contributed by atoms with van der Waals surface area (Å²) in [5, 5.41) is 0. The number of hydrogen-bond acceptors (Lipinski definition) is 6. The van der Waals surface area contributed by atoms with Crippen molar-refractivity contribution in [3.8, 4) is 0 Å². The molecule has 0 saturated heterocycles. The number of ether oxygens (including phenoxy) is 3. The van der Waals surface area contributed by atoms with Gasteiger partial charge in [0, 0.05) is 19.3 Å². The monoisotopic (exact) mass is 1150 g/mol. The molecule has 0 fully saturated rings. The van der Waals surface area contributed by atoms with Crippen LogP contribution in [-0.2, 0) is 28.6 Å². The lowest BCUT2D eigenvalue weighted by molar-refractivity contribution is -0.167. The highest BCUT2D eigenvalue weighted by Crippen LogP contribution is 2.19. The van der Waals surface area contributed by atoms with Crippen LogP contribution < -0.4 is 0 Å². The molecule has 484 valence electrons. The molecule has 0 rings (SSSR count). The molecule has 0 saturated carbocycles. The summed E-state index contributed by atoms with van der Waals surface area (Å²) in [6.07, 6.45) is 88.2. The molecular formula is C76H144O6. The van der Waals surface area contributed by atoms with Crippen LogP contribution in [0.25, 0.3) is 0 Å². The molecule has 0 aromatic heterocycles. The van der Waals surface area contributed by atoms with Crippen LogP contribution in [-0.4, -0.2) is 37.2 Å². The molecule has 6 nitrogen and oxygen atoms in total. The van der Waals surface area contributed by atoms with Crippen molar-refractivity contribution >= 4 is 17.9 Å². The van der Waals surface area contributed by atoms with Gasteiger partial charge >= 0.3 is 17.9 Å². The van der Waals surface area contributed by atoms with Crippen molar-refractivity contribution in [3.63, 3.8) is 0 Å². The summed E-state index contributed by atoms with van der Waals surface area (Å²) in [6.45, 7) is 6.65. The third-order valence-corrected chi connectivity index (χ3v) is 17.2. The van der Waals surface area contributed by atoms with E-state index in [4.69, 9.17) is 14.2 Å². The quantitative estimate of drug-likeness (QED) is 0.0261. The van der Waals surface area contributed by atoms with Gasteiger partial charge in [-0.3, -0.25) is 14.4 Å². The molecule has 1 atom stereocenters. The van der Waals surface area contributed by atoms with Gasteiger partial charge in [-0.1, -0.05) is 366 Å². The summed E-state index contributed by atoms with van der Waals surface area (Å²) in [7, 11) is 0. The summed E-state index contributed by atoms with van der Waals surface area (Å²) >= 11 is 0. The van der Waals surface area contributed by atoms with Gasteiger partial charge in [-0.25, -0.2) is 0 Å². The van der Waals surface area contributed by atoms with Gasteiger partial charge in [-0.05, 0) is 64.2 Å². The first-order valence-electron chi connectivity index (χ1n) is 37.3. The highest BCUT2D eigenvalue weighted by Gasteiger charge is 2.20. The van der Waals surface area contributed by atoms with E-state index in [1.165, 1.54) is 315 Å². The molecule has 0 aliphatic carbocycles. The number of carbonyl (C=O) groups is 3. The second kappa shape index (κ2) is 71.4. The van der Waals surface area contributed by atoms with Gasteiger partial charge in [0.05, 0.1) is 0 Å². The molecule has 1 unspecified atom stereocenters. The van der Waals surface area contributed by atoms with Crippen LogP contribution in [0.2, 0.25) is 0 Å². The molecule has 0 aliphatic rings. The fourth-order valence-corrected chi connectivity index (χ4v) is 11.6. The molecule has 0 aromatic carbocycles. The van der Waals surface area contributed by atoms with Gasteiger partial charge in [-0.15, -0.1) is 0 Å². The van der Waals surface area contributed by atoms with E-state index in [2.05, 4.69) is 45.1 Å². The Kier molecular flexibility index (Phi) is 69.5.